The number of fused-ring (bicyclic) bond motifs is 1. The zero-order valence-corrected chi connectivity index (χ0v) is 14.7. The number of aromatic nitrogens is 4. The molecular formula is C18H20FN5O. The predicted octanol–water partition coefficient (Wildman–Crippen LogP) is 3.18. The van der Waals surface area contributed by atoms with Crippen molar-refractivity contribution in [2.24, 2.45) is 0 Å². The highest BCUT2D eigenvalue weighted by molar-refractivity contribution is 5.92. The largest absolute Gasteiger partial charge is 0.326 e. The number of carbonyl (C=O) groups is 1. The molecule has 3 rings (SSSR count). The Morgan fingerprint density at radius 2 is 1.88 bits per heavy atom. The van der Waals surface area contributed by atoms with Crippen molar-refractivity contribution in [2.45, 2.75) is 40.0 Å². The Bertz CT molecular complexity index is 931. The summed E-state index contributed by atoms with van der Waals surface area (Å²) in [6, 6.07) is 5.67. The number of nitrogens with one attached hydrogen (secondary N) is 1. The van der Waals surface area contributed by atoms with Gasteiger partial charge in [0.05, 0.1) is 6.42 Å². The van der Waals surface area contributed by atoms with Crippen molar-refractivity contribution in [1.82, 2.24) is 19.6 Å². The number of aryl methyl sites for hydroxylation is 2. The summed E-state index contributed by atoms with van der Waals surface area (Å²) in [4.78, 5) is 21.2. The first-order valence-electron chi connectivity index (χ1n) is 8.13. The minimum absolute atomic E-state index is 0.162. The van der Waals surface area contributed by atoms with Gasteiger partial charge in [-0.3, -0.25) is 4.79 Å². The van der Waals surface area contributed by atoms with Crippen molar-refractivity contribution < 1.29 is 9.18 Å². The summed E-state index contributed by atoms with van der Waals surface area (Å²) in [6.07, 6.45) is 0.162. The molecule has 0 spiro atoms. The summed E-state index contributed by atoms with van der Waals surface area (Å²) < 4.78 is 14.6. The van der Waals surface area contributed by atoms with E-state index in [1.54, 1.807) is 4.52 Å². The van der Waals surface area contributed by atoms with Gasteiger partial charge in [-0.2, -0.15) is 4.98 Å². The van der Waals surface area contributed by atoms with E-state index in [1.807, 2.05) is 27.7 Å². The van der Waals surface area contributed by atoms with Gasteiger partial charge >= 0.3 is 0 Å². The van der Waals surface area contributed by atoms with Gasteiger partial charge in [-0.25, -0.2) is 13.9 Å². The zero-order chi connectivity index (χ0) is 18.1. The van der Waals surface area contributed by atoms with Crippen LogP contribution in [0.5, 0.6) is 0 Å². The third-order valence-corrected chi connectivity index (χ3v) is 4.05. The van der Waals surface area contributed by atoms with Gasteiger partial charge in [-0.1, -0.05) is 13.8 Å². The molecule has 1 amide bonds. The molecule has 1 aromatic carbocycles. The van der Waals surface area contributed by atoms with Crippen molar-refractivity contribution in [2.75, 3.05) is 5.32 Å². The number of rotatable bonds is 4. The Labute approximate surface area is 145 Å². The average molecular weight is 341 g/mol. The summed E-state index contributed by atoms with van der Waals surface area (Å²) in [5.41, 5.74) is 2.96. The number of anilines is 1. The third-order valence-electron chi connectivity index (χ3n) is 4.05. The summed E-state index contributed by atoms with van der Waals surface area (Å²) in [5.74, 6) is 0.936. The molecule has 0 unspecified atom stereocenters. The second-order valence-electron chi connectivity index (χ2n) is 6.33. The van der Waals surface area contributed by atoms with Crippen LogP contribution in [0, 0.1) is 19.7 Å². The van der Waals surface area contributed by atoms with E-state index in [-0.39, 0.29) is 24.1 Å². The van der Waals surface area contributed by atoms with Gasteiger partial charge < -0.3 is 5.32 Å². The maximum atomic E-state index is 12.9. The quantitative estimate of drug-likeness (QED) is 0.791. The lowest BCUT2D eigenvalue weighted by molar-refractivity contribution is -0.115. The van der Waals surface area contributed by atoms with Gasteiger partial charge in [-0.05, 0) is 38.1 Å². The minimum atomic E-state index is -0.341. The van der Waals surface area contributed by atoms with E-state index >= 15 is 0 Å². The summed E-state index contributed by atoms with van der Waals surface area (Å²) in [7, 11) is 0. The number of amides is 1. The van der Waals surface area contributed by atoms with E-state index in [2.05, 4.69) is 20.4 Å². The van der Waals surface area contributed by atoms with E-state index in [1.165, 1.54) is 24.3 Å². The Morgan fingerprint density at radius 1 is 1.20 bits per heavy atom. The van der Waals surface area contributed by atoms with Crippen LogP contribution in [0.3, 0.4) is 0 Å². The number of halogens is 1. The lowest BCUT2D eigenvalue weighted by Crippen LogP contribution is -2.17. The van der Waals surface area contributed by atoms with Gasteiger partial charge in [0.15, 0.2) is 5.82 Å². The first-order valence-corrected chi connectivity index (χ1v) is 8.13. The number of hydrogen-bond acceptors (Lipinski definition) is 4. The summed E-state index contributed by atoms with van der Waals surface area (Å²) >= 11 is 0. The molecule has 0 aliphatic carbocycles. The van der Waals surface area contributed by atoms with Gasteiger partial charge in [0.1, 0.15) is 5.82 Å². The van der Waals surface area contributed by atoms with E-state index in [0.717, 1.165) is 22.8 Å². The van der Waals surface area contributed by atoms with Gasteiger partial charge in [-0.15, -0.1) is 5.10 Å². The molecule has 0 radical (unpaired) electrons. The number of hydrogen-bond donors (Lipinski definition) is 1. The van der Waals surface area contributed by atoms with E-state index < -0.39 is 0 Å². The van der Waals surface area contributed by atoms with Crippen LogP contribution in [0.1, 0.15) is 42.5 Å². The molecule has 0 saturated heterocycles. The smallest absolute Gasteiger partial charge is 0.252 e. The maximum absolute atomic E-state index is 12.9. The molecule has 7 heteroatoms. The van der Waals surface area contributed by atoms with Gasteiger partial charge in [0.25, 0.3) is 5.78 Å². The topological polar surface area (TPSA) is 72.2 Å². The Morgan fingerprint density at radius 3 is 2.52 bits per heavy atom. The molecule has 130 valence electrons. The van der Waals surface area contributed by atoms with Crippen LogP contribution in [0.25, 0.3) is 5.78 Å². The van der Waals surface area contributed by atoms with Crippen LogP contribution in [0.4, 0.5) is 10.1 Å². The first kappa shape index (κ1) is 17.0. The number of carbonyl (C=O) groups excluding carboxylic acids is 1. The molecule has 0 fully saturated rings. The molecule has 2 aromatic heterocycles. The van der Waals surface area contributed by atoms with Crippen LogP contribution in [0.15, 0.2) is 24.3 Å². The van der Waals surface area contributed by atoms with Crippen molar-refractivity contribution in [3.8, 4) is 0 Å². The molecule has 0 aliphatic rings. The van der Waals surface area contributed by atoms with Gasteiger partial charge in [0, 0.05) is 28.6 Å². The zero-order valence-electron chi connectivity index (χ0n) is 14.7. The molecule has 0 bridgehead atoms. The predicted molar refractivity (Wildman–Crippen MR) is 93.1 cm³/mol. The van der Waals surface area contributed by atoms with E-state index in [9.17, 15) is 9.18 Å². The lowest BCUT2D eigenvalue weighted by atomic mass is 10.1. The minimum Gasteiger partial charge on any atom is -0.326 e. The second-order valence-corrected chi connectivity index (χ2v) is 6.33. The molecule has 25 heavy (non-hydrogen) atoms. The van der Waals surface area contributed by atoms with Crippen LogP contribution >= 0.6 is 0 Å². The molecule has 0 aliphatic heterocycles. The van der Waals surface area contributed by atoms with Crippen LogP contribution in [-0.4, -0.2) is 25.5 Å². The molecule has 6 nitrogen and oxygen atoms in total. The monoisotopic (exact) mass is 341 g/mol. The highest BCUT2D eigenvalue weighted by atomic mass is 19.1. The first-order chi connectivity index (χ1) is 11.8. The SMILES string of the molecule is Cc1nc2nc(C(C)C)nn2c(C)c1CC(=O)Nc1ccc(F)cc1. The molecule has 0 saturated carbocycles. The lowest BCUT2D eigenvalue weighted by Gasteiger charge is -2.10. The summed E-state index contributed by atoms with van der Waals surface area (Å²) in [5, 5.41) is 7.25. The Hall–Kier alpha value is -2.83. The van der Waals surface area contributed by atoms with Crippen LogP contribution in [0.2, 0.25) is 0 Å². The molecular weight excluding hydrogens is 321 g/mol. The third kappa shape index (κ3) is 3.50. The second kappa shape index (κ2) is 6.58. The molecule has 0 atom stereocenters. The molecule has 3 aromatic rings. The van der Waals surface area contributed by atoms with Crippen molar-refractivity contribution in [1.29, 1.82) is 0 Å². The highest BCUT2D eigenvalue weighted by Crippen LogP contribution is 2.18. The highest BCUT2D eigenvalue weighted by Gasteiger charge is 2.17. The fourth-order valence-electron chi connectivity index (χ4n) is 2.62. The molecule has 1 N–H and O–H groups in total. The van der Waals surface area contributed by atoms with Crippen molar-refractivity contribution >= 4 is 17.4 Å². The van der Waals surface area contributed by atoms with E-state index in [4.69, 9.17) is 0 Å². The van der Waals surface area contributed by atoms with Crippen molar-refractivity contribution in [3.63, 3.8) is 0 Å². The number of nitrogens with zero attached hydrogens (tertiary/aromatic N) is 4. The van der Waals surface area contributed by atoms with E-state index in [0.29, 0.717) is 11.5 Å². The van der Waals surface area contributed by atoms with Crippen LogP contribution in [-0.2, 0) is 11.2 Å². The fourth-order valence-corrected chi connectivity index (χ4v) is 2.62. The average Bonchev–Trinajstić information content (AvgIpc) is 2.98. The molecule has 2 heterocycles. The Balaban J connectivity index is 1.87. The normalized spacial score (nSPS) is 11.3. The summed E-state index contributed by atoms with van der Waals surface area (Å²) in [6.45, 7) is 7.81. The maximum Gasteiger partial charge on any atom is 0.252 e. The Kier molecular flexibility index (Phi) is 4.48. The number of benzene rings is 1. The van der Waals surface area contributed by atoms with Crippen molar-refractivity contribution in [3.05, 3.63) is 52.9 Å². The van der Waals surface area contributed by atoms with Crippen LogP contribution < -0.4 is 5.32 Å². The van der Waals surface area contributed by atoms with Gasteiger partial charge in [0.2, 0.25) is 5.91 Å². The fraction of sp³-hybridized carbons (Fsp3) is 0.333. The standard InChI is InChI=1S/C18H20FN5O/c1-10(2)17-22-18-20-11(3)15(12(4)24(18)23-17)9-16(25)21-14-7-5-13(19)6-8-14/h5-8,10H,9H2,1-4H3,(H,21,25).